The molecule has 6 heteroatoms. The van der Waals surface area contributed by atoms with Crippen molar-refractivity contribution in [3.63, 3.8) is 0 Å². The Morgan fingerprint density at radius 3 is 2.82 bits per heavy atom. The standard InChI is InChI=1S/C16H16N2O3S/c1-10-9-22-16-14(15(21)18(16)12(10)8-19)17-13(20)7-11-5-3-2-4-6-11/h2-6,8,14,16H,7,9H2,1H3,(H,17,20)/t14-,16-/m1/s1. The van der Waals surface area contributed by atoms with E-state index < -0.39 is 6.04 Å². The Bertz CT molecular complexity index is 657. The highest BCUT2D eigenvalue weighted by Crippen LogP contribution is 2.39. The van der Waals surface area contributed by atoms with Crippen LogP contribution in [0.2, 0.25) is 0 Å². The molecule has 2 amide bonds. The van der Waals surface area contributed by atoms with Crippen LogP contribution in [0.4, 0.5) is 0 Å². The number of carbonyl (C=O) groups excluding carboxylic acids is 3. The summed E-state index contributed by atoms with van der Waals surface area (Å²) >= 11 is 1.57. The molecule has 3 rings (SSSR count). The molecule has 0 unspecified atom stereocenters. The molecule has 1 fully saturated rings. The molecule has 0 saturated carbocycles. The second kappa shape index (κ2) is 5.96. The van der Waals surface area contributed by atoms with Crippen molar-refractivity contribution in [2.75, 3.05) is 5.75 Å². The van der Waals surface area contributed by atoms with E-state index in [2.05, 4.69) is 5.32 Å². The molecule has 1 aromatic carbocycles. The van der Waals surface area contributed by atoms with Crippen LogP contribution in [-0.4, -0.2) is 40.2 Å². The monoisotopic (exact) mass is 316 g/mol. The Balaban J connectivity index is 1.65. The topological polar surface area (TPSA) is 66.5 Å². The Morgan fingerprint density at radius 2 is 2.14 bits per heavy atom. The van der Waals surface area contributed by atoms with E-state index in [0.29, 0.717) is 11.4 Å². The first-order valence-corrected chi connectivity index (χ1v) is 8.09. The van der Waals surface area contributed by atoms with Gasteiger partial charge in [0.2, 0.25) is 5.91 Å². The SMILES string of the molecule is CC1=C(C=O)N2C(=O)[C@@H](NC(=O)Cc3ccccc3)[C@H]2SC1. The van der Waals surface area contributed by atoms with E-state index in [1.54, 1.807) is 11.8 Å². The summed E-state index contributed by atoms with van der Waals surface area (Å²) in [5.74, 6) is 0.317. The van der Waals surface area contributed by atoms with Crippen molar-refractivity contribution in [2.45, 2.75) is 24.8 Å². The largest absolute Gasteiger partial charge is 0.341 e. The highest BCUT2D eigenvalue weighted by atomic mass is 32.2. The van der Waals surface area contributed by atoms with E-state index in [9.17, 15) is 14.4 Å². The number of nitrogens with one attached hydrogen (secondary N) is 1. The van der Waals surface area contributed by atoms with Gasteiger partial charge in [-0.1, -0.05) is 30.3 Å². The zero-order valence-corrected chi connectivity index (χ0v) is 12.9. The van der Waals surface area contributed by atoms with Crippen LogP contribution in [0.15, 0.2) is 41.6 Å². The number of hydrogen-bond acceptors (Lipinski definition) is 4. The zero-order chi connectivity index (χ0) is 15.7. The number of benzene rings is 1. The molecule has 114 valence electrons. The minimum absolute atomic E-state index is 0.170. The van der Waals surface area contributed by atoms with Crippen molar-refractivity contribution in [3.05, 3.63) is 47.2 Å². The quantitative estimate of drug-likeness (QED) is 0.667. The lowest BCUT2D eigenvalue weighted by Gasteiger charge is -2.49. The summed E-state index contributed by atoms with van der Waals surface area (Å²) < 4.78 is 0. The number of carbonyl (C=O) groups is 3. The number of nitrogens with zero attached hydrogens (tertiary/aromatic N) is 1. The molecule has 2 heterocycles. The van der Waals surface area contributed by atoms with Gasteiger partial charge >= 0.3 is 0 Å². The van der Waals surface area contributed by atoms with Gasteiger partial charge in [-0.25, -0.2) is 0 Å². The van der Waals surface area contributed by atoms with E-state index >= 15 is 0 Å². The third kappa shape index (κ3) is 2.54. The van der Waals surface area contributed by atoms with Gasteiger partial charge in [-0.05, 0) is 18.1 Å². The summed E-state index contributed by atoms with van der Waals surface area (Å²) in [5.41, 5.74) is 2.25. The van der Waals surface area contributed by atoms with Crippen molar-refractivity contribution >= 4 is 29.9 Å². The van der Waals surface area contributed by atoms with Gasteiger partial charge < -0.3 is 5.32 Å². The lowest BCUT2D eigenvalue weighted by Crippen LogP contribution is -2.70. The summed E-state index contributed by atoms with van der Waals surface area (Å²) in [6.07, 6.45) is 0.972. The normalized spacial score (nSPS) is 23.7. The van der Waals surface area contributed by atoms with E-state index in [1.807, 2.05) is 37.3 Å². The van der Waals surface area contributed by atoms with Crippen LogP contribution in [0, 0.1) is 0 Å². The van der Waals surface area contributed by atoms with Gasteiger partial charge in [-0.15, -0.1) is 11.8 Å². The molecular weight excluding hydrogens is 300 g/mol. The number of rotatable bonds is 4. The summed E-state index contributed by atoms with van der Waals surface area (Å²) in [6.45, 7) is 1.85. The van der Waals surface area contributed by atoms with Gasteiger partial charge in [0.25, 0.3) is 5.91 Å². The molecule has 0 spiro atoms. The van der Waals surface area contributed by atoms with Crippen LogP contribution in [0.1, 0.15) is 12.5 Å². The highest BCUT2D eigenvalue weighted by molar-refractivity contribution is 8.00. The summed E-state index contributed by atoms with van der Waals surface area (Å²) in [7, 11) is 0. The summed E-state index contributed by atoms with van der Waals surface area (Å²) in [4.78, 5) is 36.9. The lowest BCUT2D eigenvalue weighted by molar-refractivity contribution is -0.146. The fraction of sp³-hybridized carbons (Fsp3) is 0.312. The molecule has 2 atom stereocenters. The molecule has 22 heavy (non-hydrogen) atoms. The summed E-state index contributed by atoms with van der Waals surface area (Å²) in [6, 6.07) is 8.85. The molecule has 2 aliphatic rings. The first-order valence-electron chi connectivity index (χ1n) is 7.04. The maximum absolute atomic E-state index is 12.2. The Hall–Kier alpha value is -2.08. The number of allylic oxidation sites excluding steroid dienone is 1. The third-order valence-electron chi connectivity index (χ3n) is 3.85. The van der Waals surface area contributed by atoms with Crippen LogP contribution in [0.5, 0.6) is 0 Å². The zero-order valence-electron chi connectivity index (χ0n) is 12.1. The van der Waals surface area contributed by atoms with Crippen LogP contribution in [0.3, 0.4) is 0 Å². The number of thioether (sulfide) groups is 1. The van der Waals surface area contributed by atoms with E-state index in [0.717, 1.165) is 17.4 Å². The molecule has 0 bridgehead atoms. The van der Waals surface area contributed by atoms with Gasteiger partial charge in [0.15, 0.2) is 6.29 Å². The number of amides is 2. The molecule has 0 aromatic heterocycles. The van der Waals surface area contributed by atoms with Crippen molar-refractivity contribution in [2.24, 2.45) is 0 Å². The van der Waals surface area contributed by atoms with E-state index in [-0.39, 0.29) is 23.6 Å². The van der Waals surface area contributed by atoms with Crippen molar-refractivity contribution < 1.29 is 14.4 Å². The number of hydrogen-bond donors (Lipinski definition) is 1. The third-order valence-corrected chi connectivity index (χ3v) is 5.27. The van der Waals surface area contributed by atoms with E-state index in [1.165, 1.54) is 4.90 Å². The second-order valence-corrected chi connectivity index (χ2v) is 6.51. The van der Waals surface area contributed by atoms with Crippen LogP contribution < -0.4 is 5.32 Å². The molecule has 0 aliphatic carbocycles. The van der Waals surface area contributed by atoms with Crippen molar-refractivity contribution in [1.82, 2.24) is 10.2 Å². The molecule has 1 aromatic rings. The van der Waals surface area contributed by atoms with Crippen molar-refractivity contribution in [3.8, 4) is 0 Å². The molecular formula is C16H16N2O3S. The molecule has 5 nitrogen and oxygen atoms in total. The average Bonchev–Trinajstić information content (AvgIpc) is 2.53. The molecule has 2 aliphatic heterocycles. The van der Waals surface area contributed by atoms with E-state index in [4.69, 9.17) is 0 Å². The smallest absolute Gasteiger partial charge is 0.253 e. The Labute approximate surface area is 132 Å². The fourth-order valence-corrected chi connectivity index (χ4v) is 3.99. The van der Waals surface area contributed by atoms with Gasteiger partial charge in [0.1, 0.15) is 11.4 Å². The maximum Gasteiger partial charge on any atom is 0.253 e. The number of fused-ring (bicyclic) bond motifs is 1. The molecule has 1 N–H and O–H groups in total. The first kappa shape index (κ1) is 14.8. The summed E-state index contributed by atoms with van der Waals surface area (Å²) in [5, 5.41) is 2.61. The minimum Gasteiger partial charge on any atom is -0.341 e. The first-order chi connectivity index (χ1) is 10.6. The average molecular weight is 316 g/mol. The van der Waals surface area contributed by atoms with Crippen LogP contribution in [0.25, 0.3) is 0 Å². The Morgan fingerprint density at radius 1 is 1.41 bits per heavy atom. The molecule has 1 saturated heterocycles. The fourth-order valence-electron chi connectivity index (χ4n) is 2.68. The van der Waals surface area contributed by atoms with Gasteiger partial charge in [0, 0.05) is 5.75 Å². The van der Waals surface area contributed by atoms with Gasteiger partial charge in [-0.2, -0.15) is 0 Å². The highest BCUT2D eigenvalue weighted by Gasteiger charge is 2.52. The second-order valence-electron chi connectivity index (χ2n) is 5.40. The number of aldehydes is 1. The van der Waals surface area contributed by atoms with Crippen LogP contribution in [-0.2, 0) is 20.8 Å². The van der Waals surface area contributed by atoms with Crippen LogP contribution >= 0.6 is 11.8 Å². The predicted molar refractivity (Wildman–Crippen MR) is 83.9 cm³/mol. The Kier molecular flexibility index (Phi) is 4.02. The van der Waals surface area contributed by atoms with Gasteiger partial charge in [0.05, 0.1) is 12.1 Å². The minimum atomic E-state index is -0.538. The lowest BCUT2D eigenvalue weighted by atomic mass is 10.0. The predicted octanol–water partition coefficient (Wildman–Crippen LogP) is 1.10. The maximum atomic E-state index is 12.2. The van der Waals surface area contributed by atoms with Crippen molar-refractivity contribution in [1.29, 1.82) is 0 Å². The molecule has 0 radical (unpaired) electrons. The van der Waals surface area contributed by atoms with Gasteiger partial charge in [-0.3, -0.25) is 19.3 Å². The number of β-lactam (4-membered cyclic amide) rings is 1.